The van der Waals surface area contributed by atoms with Gasteiger partial charge in [0.15, 0.2) is 5.58 Å². The number of hydrogen-bond donors (Lipinski definition) is 0. The van der Waals surface area contributed by atoms with Gasteiger partial charge in [-0.1, -0.05) is 115 Å². The number of rotatable bonds is 4. The molecule has 3 heteroatoms. The Labute approximate surface area is 270 Å². The molecule has 0 bridgehead atoms. The molecule has 47 heavy (non-hydrogen) atoms. The third-order valence-electron chi connectivity index (χ3n) is 9.45. The Hall–Kier alpha value is -6.32. The fourth-order valence-electron chi connectivity index (χ4n) is 7.27. The molecule has 0 spiro atoms. The summed E-state index contributed by atoms with van der Waals surface area (Å²) in [6.45, 7) is 0. The molecule has 0 aliphatic heterocycles. The standard InChI is InChI=1S/C44H27NO2/c1-2-10-33-28(9-1)19-20-30-23-26-32(27-38(30)33)45(39-15-7-14-36-35-11-3-5-16-40(35)47-44(36)39)31-24-21-29(22-25-31)34-13-8-18-42-43(34)37-12-4-6-17-41(37)46-42/h1-27H. The van der Waals surface area contributed by atoms with E-state index in [1.807, 2.05) is 30.3 Å². The van der Waals surface area contributed by atoms with Crippen LogP contribution in [-0.4, -0.2) is 0 Å². The van der Waals surface area contributed by atoms with Crippen LogP contribution in [0.2, 0.25) is 0 Å². The van der Waals surface area contributed by atoms with Crippen molar-refractivity contribution in [3.05, 3.63) is 164 Å². The van der Waals surface area contributed by atoms with E-state index >= 15 is 0 Å². The van der Waals surface area contributed by atoms with E-state index < -0.39 is 0 Å². The fourth-order valence-corrected chi connectivity index (χ4v) is 7.27. The topological polar surface area (TPSA) is 29.5 Å². The Balaban J connectivity index is 1.19. The monoisotopic (exact) mass is 601 g/mol. The van der Waals surface area contributed by atoms with Crippen LogP contribution in [0.5, 0.6) is 0 Å². The Morgan fingerprint density at radius 1 is 0.383 bits per heavy atom. The molecular weight excluding hydrogens is 574 g/mol. The zero-order valence-electron chi connectivity index (χ0n) is 25.4. The molecular formula is C44H27NO2. The predicted octanol–water partition coefficient (Wildman–Crippen LogP) is 12.9. The largest absolute Gasteiger partial charge is 0.456 e. The van der Waals surface area contributed by atoms with Crippen molar-refractivity contribution >= 4 is 82.5 Å². The lowest BCUT2D eigenvalue weighted by Crippen LogP contribution is -2.10. The number of fused-ring (bicyclic) bond motifs is 9. The Morgan fingerprint density at radius 2 is 1.00 bits per heavy atom. The first-order valence-electron chi connectivity index (χ1n) is 15.9. The smallest absolute Gasteiger partial charge is 0.159 e. The van der Waals surface area contributed by atoms with E-state index in [2.05, 4.69) is 138 Å². The van der Waals surface area contributed by atoms with E-state index in [1.54, 1.807) is 0 Å². The second kappa shape index (κ2) is 10.1. The minimum atomic E-state index is 0.866. The summed E-state index contributed by atoms with van der Waals surface area (Å²) >= 11 is 0. The van der Waals surface area contributed by atoms with Crippen molar-refractivity contribution in [1.29, 1.82) is 0 Å². The van der Waals surface area contributed by atoms with Gasteiger partial charge < -0.3 is 13.7 Å². The summed E-state index contributed by atoms with van der Waals surface area (Å²) in [6, 6.07) is 57.9. The molecule has 0 aliphatic rings. The third-order valence-corrected chi connectivity index (χ3v) is 9.45. The van der Waals surface area contributed by atoms with E-state index in [1.165, 1.54) is 21.5 Å². The lowest BCUT2D eigenvalue weighted by Gasteiger charge is -2.26. The van der Waals surface area contributed by atoms with E-state index in [0.29, 0.717) is 0 Å². The number of furan rings is 2. The van der Waals surface area contributed by atoms with Crippen LogP contribution < -0.4 is 4.90 Å². The second-order valence-corrected chi connectivity index (χ2v) is 12.1. The van der Waals surface area contributed by atoms with Crippen LogP contribution in [-0.2, 0) is 0 Å². The second-order valence-electron chi connectivity index (χ2n) is 12.1. The molecule has 8 aromatic carbocycles. The summed E-state index contributed by atoms with van der Waals surface area (Å²) in [7, 11) is 0. The lowest BCUT2D eigenvalue weighted by molar-refractivity contribution is 0.668. The molecule has 2 heterocycles. The maximum absolute atomic E-state index is 6.59. The molecule has 0 aliphatic carbocycles. The zero-order chi connectivity index (χ0) is 30.9. The van der Waals surface area contributed by atoms with Crippen molar-refractivity contribution in [3.8, 4) is 11.1 Å². The summed E-state index contributed by atoms with van der Waals surface area (Å²) < 4.78 is 12.8. The molecule has 0 N–H and O–H groups in total. The van der Waals surface area contributed by atoms with Gasteiger partial charge in [0.2, 0.25) is 0 Å². The normalized spacial score (nSPS) is 11.8. The highest BCUT2D eigenvalue weighted by atomic mass is 16.3. The van der Waals surface area contributed by atoms with Crippen LogP contribution in [0, 0.1) is 0 Å². The van der Waals surface area contributed by atoms with Gasteiger partial charge in [0.25, 0.3) is 0 Å². The molecule has 10 aromatic rings. The van der Waals surface area contributed by atoms with Crippen LogP contribution in [0.4, 0.5) is 17.1 Å². The zero-order valence-corrected chi connectivity index (χ0v) is 25.4. The molecule has 3 nitrogen and oxygen atoms in total. The fraction of sp³-hybridized carbons (Fsp3) is 0. The van der Waals surface area contributed by atoms with Crippen molar-refractivity contribution in [2.75, 3.05) is 4.90 Å². The molecule has 0 radical (unpaired) electrons. The van der Waals surface area contributed by atoms with Crippen LogP contribution in [0.3, 0.4) is 0 Å². The third kappa shape index (κ3) is 4.00. The SMILES string of the molecule is c1ccc2c(c1)ccc1ccc(N(c3ccc(-c4cccc5oc6ccccc6c45)cc3)c3cccc4c3oc3ccccc34)cc12. The highest BCUT2D eigenvalue weighted by Crippen LogP contribution is 2.44. The van der Waals surface area contributed by atoms with Gasteiger partial charge in [0, 0.05) is 32.9 Å². The van der Waals surface area contributed by atoms with E-state index in [-0.39, 0.29) is 0 Å². The maximum Gasteiger partial charge on any atom is 0.159 e. The number of anilines is 3. The van der Waals surface area contributed by atoms with Gasteiger partial charge in [0.1, 0.15) is 16.7 Å². The Kier molecular flexibility index (Phi) is 5.57. The Morgan fingerprint density at radius 3 is 1.85 bits per heavy atom. The number of nitrogens with zero attached hydrogens (tertiary/aromatic N) is 1. The van der Waals surface area contributed by atoms with Crippen molar-refractivity contribution in [2.45, 2.75) is 0 Å². The number of benzene rings is 8. The van der Waals surface area contributed by atoms with Crippen LogP contribution >= 0.6 is 0 Å². The van der Waals surface area contributed by atoms with Crippen molar-refractivity contribution < 1.29 is 8.83 Å². The molecule has 0 atom stereocenters. The summed E-state index contributed by atoms with van der Waals surface area (Å²) in [5.74, 6) is 0. The highest BCUT2D eigenvalue weighted by molar-refractivity contribution is 6.14. The minimum Gasteiger partial charge on any atom is -0.456 e. The molecule has 0 saturated carbocycles. The predicted molar refractivity (Wildman–Crippen MR) is 196 cm³/mol. The summed E-state index contributed by atoms with van der Waals surface area (Å²) in [5.41, 5.74) is 8.95. The first-order chi connectivity index (χ1) is 23.3. The van der Waals surface area contributed by atoms with Gasteiger partial charge in [-0.2, -0.15) is 0 Å². The van der Waals surface area contributed by atoms with Gasteiger partial charge in [-0.25, -0.2) is 0 Å². The summed E-state index contributed by atoms with van der Waals surface area (Å²) in [5, 5.41) is 9.39. The van der Waals surface area contributed by atoms with Gasteiger partial charge in [0.05, 0.1) is 5.69 Å². The minimum absolute atomic E-state index is 0.866. The van der Waals surface area contributed by atoms with Crippen molar-refractivity contribution in [2.24, 2.45) is 0 Å². The van der Waals surface area contributed by atoms with Crippen molar-refractivity contribution in [1.82, 2.24) is 0 Å². The Bertz CT molecular complexity index is 2800. The summed E-state index contributed by atoms with van der Waals surface area (Å²) in [6.07, 6.45) is 0. The van der Waals surface area contributed by atoms with E-state index in [9.17, 15) is 0 Å². The van der Waals surface area contributed by atoms with Gasteiger partial charge in [-0.05, 0) is 81.2 Å². The van der Waals surface area contributed by atoms with Gasteiger partial charge in [-0.15, -0.1) is 0 Å². The maximum atomic E-state index is 6.59. The molecule has 0 amide bonds. The van der Waals surface area contributed by atoms with Crippen molar-refractivity contribution in [3.63, 3.8) is 0 Å². The van der Waals surface area contributed by atoms with Crippen LogP contribution in [0.15, 0.2) is 173 Å². The first kappa shape index (κ1) is 26.0. The average Bonchev–Trinajstić information content (AvgIpc) is 3.71. The molecule has 0 saturated heterocycles. The number of hydrogen-bond acceptors (Lipinski definition) is 3. The molecule has 0 fully saturated rings. The van der Waals surface area contributed by atoms with Crippen LogP contribution in [0.1, 0.15) is 0 Å². The molecule has 10 rings (SSSR count). The number of para-hydroxylation sites is 3. The summed E-state index contributed by atoms with van der Waals surface area (Å²) in [4.78, 5) is 2.32. The lowest BCUT2D eigenvalue weighted by atomic mass is 9.98. The van der Waals surface area contributed by atoms with Gasteiger partial charge >= 0.3 is 0 Å². The molecule has 2 aromatic heterocycles. The van der Waals surface area contributed by atoms with Crippen LogP contribution in [0.25, 0.3) is 76.5 Å². The average molecular weight is 602 g/mol. The van der Waals surface area contributed by atoms with Gasteiger partial charge in [-0.3, -0.25) is 0 Å². The quantitative estimate of drug-likeness (QED) is 0.188. The highest BCUT2D eigenvalue weighted by Gasteiger charge is 2.20. The van der Waals surface area contributed by atoms with E-state index in [0.717, 1.165) is 72.1 Å². The molecule has 0 unspecified atom stereocenters. The van der Waals surface area contributed by atoms with E-state index in [4.69, 9.17) is 8.83 Å². The first-order valence-corrected chi connectivity index (χ1v) is 15.9. The molecule has 220 valence electrons.